The second-order valence-corrected chi connectivity index (χ2v) is 4.13. The Morgan fingerprint density at radius 3 is 2.38 bits per heavy atom. The highest BCUT2D eigenvalue weighted by atomic mass is 19.4. The van der Waals surface area contributed by atoms with E-state index in [9.17, 15) is 13.2 Å². The summed E-state index contributed by atoms with van der Waals surface area (Å²) in [7, 11) is 1.44. The van der Waals surface area contributed by atoms with E-state index in [1.54, 1.807) is 6.07 Å². The normalized spacial score (nSPS) is 11.3. The third-order valence-electron chi connectivity index (χ3n) is 2.68. The Morgan fingerprint density at radius 1 is 1.19 bits per heavy atom. The first-order chi connectivity index (χ1) is 9.93. The van der Waals surface area contributed by atoms with E-state index >= 15 is 0 Å². The summed E-state index contributed by atoms with van der Waals surface area (Å²) >= 11 is 0. The summed E-state index contributed by atoms with van der Waals surface area (Å²) in [5, 5.41) is 9.12. The molecule has 1 N–H and O–H groups in total. The number of pyridine rings is 1. The van der Waals surface area contributed by atoms with Crippen molar-refractivity contribution in [1.29, 1.82) is 0 Å². The second kappa shape index (κ2) is 6.01. The molecule has 2 aromatic rings. The van der Waals surface area contributed by atoms with E-state index < -0.39 is 6.36 Å². The monoisotopic (exact) mass is 299 g/mol. The summed E-state index contributed by atoms with van der Waals surface area (Å²) in [6.07, 6.45) is -3.26. The van der Waals surface area contributed by atoms with Crippen molar-refractivity contribution in [3.8, 4) is 22.8 Å². The lowest BCUT2D eigenvalue weighted by atomic mass is 10.1. The van der Waals surface area contributed by atoms with Crippen molar-refractivity contribution in [3.63, 3.8) is 0 Å². The van der Waals surface area contributed by atoms with Gasteiger partial charge in [0.05, 0.1) is 13.7 Å². The van der Waals surface area contributed by atoms with Gasteiger partial charge >= 0.3 is 6.36 Å². The van der Waals surface area contributed by atoms with Crippen LogP contribution in [0.5, 0.6) is 11.6 Å². The molecule has 0 unspecified atom stereocenters. The number of hydrogen-bond donors (Lipinski definition) is 1. The number of aliphatic hydroxyl groups is 1. The van der Waals surface area contributed by atoms with Crippen LogP contribution in [0.3, 0.4) is 0 Å². The van der Waals surface area contributed by atoms with Crippen molar-refractivity contribution < 1.29 is 27.8 Å². The Hall–Kier alpha value is -2.28. The summed E-state index contributed by atoms with van der Waals surface area (Å²) in [5.41, 5.74) is 1.74. The van der Waals surface area contributed by atoms with Crippen molar-refractivity contribution in [2.45, 2.75) is 13.0 Å². The lowest BCUT2D eigenvalue weighted by Crippen LogP contribution is -2.16. The van der Waals surface area contributed by atoms with Gasteiger partial charge in [0.15, 0.2) is 0 Å². The van der Waals surface area contributed by atoms with Gasteiger partial charge in [0.25, 0.3) is 0 Å². The number of ether oxygens (including phenoxy) is 2. The minimum absolute atomic E-state index is 0.195. The highest BCUT2D eigenvalue weighted by Crippen LogP contribution is 2.31. The fourth-order valence-electron chi connectivity index (χ4n) is 1.79. The molecule has 0 saturated carbocycles. The largest absolute Gasteiger partial charge is 0.573 e. The first kappa shape index (κ1) is 15.1. The summed E-state index contributed by atoms with van der Waals surface area (Å²) < 4.78 is 45.2. The summed E-state index contributed by atoms with van der Waals surface area (Å²) in [6, 6.07) is 6.98. The van der Waals surface area contributed by atoms with Gasteiger partial charge in [0.1, 0.15) is 5.75 Å². The molecule has 2 rings (SSSR count). The zero-order valence-electron chi connectivity index (χ0n) is 11.0. The van der Waals surface area contributed by atoms with Gasteiger partial charge in [-0.05, 0) is 29.3 Å². The molecule has 0 fully saturated rings. The molecule has 21 heavy (non-hydrogen) atoms. The Labute approximate surface area is 118 Å². The molecule has 0 atom stereocenters. The Kier molecular flexibility index (Phi) is 4.32. The highest BCUT2D eigenvalue weighted by Gasteiger charge is 2.31. The maximum Gasteiger partial charge on any atom is 0.573 e. The Morgan fingerprint density at radius 2 is 1.86 bits per heavy atom. The van der Waals surface area contributed by atoms with Crippen LogP contribution in [-0.4, -0.2) is 23.6 Å². The summed E-state index contributed by atoms with van der Waals surface area (Å²) in [5.74, 6) is 0.00757. The van der Waals surface area contributed by atoms with Crippen LogP contribution in [-0.2, 0) is 6.61 Å². The second-order valence-electron chi connectivity index (χ2n) is 4.13. The molecule has 0 radical (unpaired) electrons. The number of nitrogens with zero attached hydrogens (tertiary/aromatic N) is 1. The molecular formula is C14H12F3NO3. The third kappa shape index (κ3) is 3.85. The number of rotatable bonds is 4. The molecule has 0 aliphatic rings. The van der Waals surface area contributed by atoms with E-state index in [1.807, 2.05) is 0 Å². The highest BCUT2D eigenvalue weighted by molar-refractivity contribution is 5.69. The van der Waals surface area contributed by atoms with Crippen molar-refractivity contribution in [2.24, 2.45) is 0 Å². The smallest absolute Gasteiger partial charge is 0.481 e. The molecule has 1 aromatic heterocycles. The van der Waals surface area contributed by atoms with Gasteiger partial charge in [-0.25, -0.2) is 4.98 Å². The molecular weight excluding hydrogens is 287 g/mol. The van der Waals surface area contributed by atoms with E-state index in [-0.39, 0.29) is 12.4 Å². The van der Waals surface area contributed by atoms with E-state index in [0.717, 1.165) is 0 Å². The number of alkyl halides is 3. The van der Waals surface area contributed by atoms with Crippen molar-refractivity contribution in [1.82, 2.24) is 4.98 Å². The van der Waals surface area contributed by atoms with Gasteiger partial charge in [-0.15, -0.1) is 13.2 Å². The minimum atomic E-state index is -4.72. The van der Waals surface area contributed by atoms with E-state index in [4.69, 9.17) is 9.84 Å². The van der Waals surface area contributed by atoms with E-state index in [2.05, 4.69) is 9.72 Å². The van der Waals surface area contributed by atoms with Gasteiger partial charge in [0.2, 0.25) is 5.88 Å². The molecule has 1 heterocycles. The van der Waals surface area contributed by atoms with Gasteiger partial charge in [-0.1, -0.05) is 12.1 Å². The standard InChI is InChI=1S/C14H12F3NO3/c1-20-13-12(6-9(8-19)7-18-13)10-2-4-11(5-3-10)21-14(15,16)17/h2-7,19H,8H2,1H3. The summed E-state index contributed by atoms with van der Waals surface area (Å²) in [6.45, 7) is -0.195. The fourth-order valence-corrected chi connectivity index (χ4v) is 1.79. The van der Waals surface area contributed by atoms with Crippen LogP contribution in [0.1, 0.15) is 5.56 Å². The van der Waals surface area contributed by atoms with Crippen LogP contribution in [0.15, 0.2) is 36.5 Å². The summed E-state index contributed by atoms with van der Waals surface area (Å²) in [4.78, 5) is 4.03. The van der Waals surface area contributed by atoms with Crippen molar-refractivity contribution in [2.75, 3.05) is 7.11 Å². The molecule has 0 aliphatic heterocycles. The Balaban J connectivity index is 2.34. The van der Waals surface area contributed by atoms with Crippen LogP contribution in [0.4, 0.5) is 13.2 Å². The number of benzene rings is 1. The molecule has 0 saturated heterocycles. The number of aromatic nitrogens is 1. The average molecular weight is 299 g/mol. The van der Waals surface area contributed by atoms with Gasteiger partial charge < -0.3 is 14.6 Å². The zero-order valence-corrected chi connectivity index (χ0v) is 11.0. The van der Waals surface area contributed by atoms with Gasteiger partial charge in [-0.2, -0.15) is 0 Å². The zero-order chi connectivity index (χ0) is 15.5. The first-order valence-electron chi connectivity index (χ1n) is 5.93. The predicted octanol–water partition coefficient (Wildman–Crippen LogP) is 3.15. The van der Waals surface area contributed by atoms with Crippen molar-refractivity contribution >= 4 is 0 Å². The van der Waals surface area contributed by atoms with Crippen LogP contribution in [0, 0.1) is 0 Å². The first-order valence-corrected chi connectivity index (χ1v) is 5.93. The minimum Gasteiger partial charge on any atom is -0.481 e. The van der Waals surface area contributed by atoms with E-state index in [1.165, 1.54) is 37.6 Å². The van der Waals surface area contributed by atoms with E-state index in [0.29, 0.717) is 22.6 Å². The number of halogens is 3. The maximum atomic E-state index is 12.1. The van der Waals surface area contributed by atoms with Crippen LogP contribution in [0.25, 0.3) is 11.1 Å². The lowest BCUT2D eigenvalue weighted by molar-refractivity contribution is -0.274. The third-order valence-corrected chi connectivity index (χ3v) is 2.68. The molecule has 0 aliphatic carbocycles. The van der Waals surface area contributed by atoms with Crippen molar-refractivity contribution in [3.05, 3.63) is 42.1 Å². The van der Waals surface area contributed by atoms with Crippen LogP contribution in [0.2, 0.25) is 0 Å². The van der Waals surface area contributed by atoms with Gasteiger partial charge in [-0.3, -0.25) is 0 Å². The van der Waals surface area contributed by atoms with Gasteiger partial charge in [0, 0.05) is 11.8 Å². The molecule has 0 bridgehead atoms. The fraction of sp³-hybridized carbons (Fsp3) is 0.214. The quantitative estimate of drug-likeness (QED) is 0.942. The topological polar surface area (TPSA) is 51.6 Å². The molecule has 0 spiro atoms. The number of methoxy groups -OCH3 is 1. The van der Waals surface area contributed by atoms with Crippen LogP contribution >= 0.6 is 0 Å². The SMILES string of the molecule is COc1ncc(CO)cc1-c1ccc(OC(F)(F)F)cc1. The average Bonchev–Trinajstić information content (AvgIpc) is 2.45. The molecule has 7 heteroatoms. The Bertz CT molecular complexity index is 612. The maximum absolute atomic E-state index is 12.1. The number of aliphatic hydroxyl groups excluding tert-OH is 1. The molecule has 4 nitrogen and oxygen atoms in total. The molecule has 112 valence electrons. The molecule has 0 amide bonds. The predicted molar refractivity (Wildman–Crippen MR) is 68.8 cm³/mol. The molecule has 1 aromatic carbocycles. The lowest BCUT2D eigenvalue weighted by Gasteiger charge is -2.11. The number of hydrogen-bond acceptors (Lipinski definition) is 4. The van der Waals surface area contributed by atoms with Crippen LogP contribution < -0.4 is 9.47 Å².